The van der Waals surface area contributed by atoms with Crippen LogP contribution in [-0.2, 0) is 17.8 Å². The molecule has 2 N–H and O–H groups in total. The Morgan fingerprint density at radius 1 is 1.05 bits per heavy atom. The molecule has 0 saturated carbocycles. The van der Waals surface area contributed by atoms with Gasteiger partial charge >= 0.3 is 0 Å². The average molecular weight is 273 g/mol. The summed E-state index contributed by atoms with van der Waals surface area (Å²) in [6, 6.07) is 15.2. The van der Waals surface area contributed by atoms with Crippen molar-refractivity contribution in [2.75, 3.05) is 0 Å². The summed E-state index contributed by atoms with van der Waals surface area (Å²) < 4.78 is 12.7. The summed E-state index contributed by atoms with van der Waals surface area (Å²) in [7, 11) is 0. The molecule has 104 valence electrons. The van der Waals surface area contributed by atoms with Crippen LogP contribution in [0.4, 0.5) is 4.39 Å². The monoisotopic (exact) mass is 273 g/mol. The number of benzene rings is 2. The van der Waals surface area contributed by atoms with Gasteiger partial charge in [-0.1, -0.05) is 42.5 Å². The lowest BCUT2D eigenvalue weighted by atomic mass is 10.1. The topological polar surface area (TPSA) is 49.3 Å². The molecule has 0 aliphatic rings. The van der Waals surface area contributed by atoms with Gasteiger partial charge in [0.25, 0.3) is 0 Å². The highest BCUT2D eigenvalue weighted by Gasteiger charge is 2.15. The Kier molecular flexibility index (Phi) is 4.85. The van der Waals surface area contributed by atoms with Crippen LogP contribution in [-0.4, -0.2) is 17.1 Å². The van der Waals surface area contributed by atoms with Gasteiger partial charge in [0.05, 0.1) is 0 Å². The molecule has 0 aromatic heterocycles. The molecular formula is C16H16FNO2. The lowest BCUT2D eigenvalue weighted by Gasteiger charge is -2.11. The van der Waals surface area contributed by atoms with E-state index >= 15 is 0 Å². The van der Waals surface area contributed by atoms with E-state index in [1.165, 1.54) is 12.1 Å². The minimum Gasteiger partial charge on any atom is -0.383 e. The Morgan fingerprint density at radius 2 is 1.70 bits per heavy atom. The molecule has 1 unspecified atom stereocenters. The number of halogens is 1. The van der Waals surface area contributed by atoms with Crippen LogP contribution in [0.2, 0.25) is 0 Å². The number of rotatable bonds is 5. The fourth-order valence-corrected chi connectivity index (χ4v) is 1.84. The summed E-state index contributed by atoms with van der Waals surface area (Å²) in [5.74, 6) is -0.769. The highest BCUT2D eigenvalue weighted by molar-refractivity contribution is 5.80. The average Bonchev–Trinajstić information content (AvgIpc) is 2.48. The van der Waals surface area contributed by atoms with Gasteiger partial charge in [-0.15, -0.1) is 0 Å². The van der Waals surface area contributed by atoms with E-state index < -0.39 is 12.0 Å². The number of hydrogen-bond donors (Lipinski definition) is 2. The molecule has 1 atom stereocenters. The van der Waals surface area contributed by atoms with Crippen molar-refractivity contribution in [1.82, 2.24) is 5.32 Å². The van der Waals surface area contributed by atoms with Crippen molar-refractivity contribution < 1.29 is 14.3 Å². The van der Waals surface area contributed by atoms with Crippen LogP contribution in [0.15, 0.2) is 54.6 Å². The summed E-state index contributed by atoms with van der Waals surface area (Å²) in [4.78, 5) is 11.8. The SMILES string of the molecule is O=C(NCc1ccccc1)C(O)Cc1ccc(F)cc1. The summed E-state index contributed by atoms with van der Waals surface area (Å²) in [6.45, 7) is 0.375. The van der Waals surface area contributed by atoms with Crippen molar-refractivity contribution in [3.8, 4) is 0 Å². The molecule has 20 heavy (non-hydrogen) atoms. The Hall–Kier alpha value is -2.20. The van der Waals surface area contributed by atoms with Crippen LogP contribution in [0.3, 0.4) is 0 Å². The van der Waals surface area contributed by atoms with Gasteiger partial charge in [-0.2, -0.15) is 0 Å². The predicted octanol–water partition coefficient (Wildman–Crippen LogP) is 2.05. The first-order chi connectivity index (χ1) is 9.65. The second-order valence-electron chi connectivity index (χ2n) is 4.55. The van der Waals surface area contributed by atoms with E-state index in [9.17, 15) is 14.3 Å². The molecule has 0 bridgehead atoms. The van der Waals surface area contributed by atoms with Crippen LogP contribution in [0.25, 0.3) is 0 Å². The fraction of sp³-hybridized carbons (Fsp3) is 0.188. The van der Waals surface area contributed by atoms with Crippen molar-refractivity contribution >= 4 is 5.91 Å². The molecule has 2 aromatic rings. The van der Waals surface area contributed by atoms with Crippen molar-refractivity contribution in [2.24, 2.45) is 0 Å². The first-order valence-electron chi connectivity index (χ1n) is 6.39. The molecule has 0 aliphatic heterocycles. The van der Waals surface area contributed by atoms with Crippen LogP contribution in [0.5, 0.6) is 0 Å². The first-order valence-corrected chi connectivity index (χ1v) is 6.39. The summed E-state index contributed by atoms with van der Waals surface area (Å²) in [5.41, 5.74) is 1.68. The molecule has 0 spiro atoms. The summed E-state index contributed by atoms with van der Waals surface area (Å²) >= 11 is 0. The normalized spacial score (nSPS) is 11.9. The van der Waals surface area contributed by atoms with Crippen LogP contribution < -0.4 is 5.32 Å². The van der Waals surface area contributed by atoms with E-state index in [-0.39, 0.29) is 12.2 Å². The highest BCUT2D eigenvalue weighted by atomic mass is 19.1. The quantitative estimate of drug-likeness (QED) is 0.876. The van der Waals surface area contributed by atoms with Crippen LogP contribution in [0.1, 0.15) is 11.1 Å². The van der Waals surface area contributed by atoms with Gasteiger partial charge < -0.3 is 10.4 Å². The second-order valence-corrected chi connectivity index (χ2v) is 4.55. The number of hydrogen-bond acceptors (Lipinski definition) is 2. The van der Waals surface area contributed by atoms with Gasteiger partial charge in [-0.3, -0.25) is 4.79 Å². The largest absolute Gasteiger partial charge is 0.383 e. The minimum absolute atomic E-state index is 0.168. The maximum absolute atomic E-state index is 12.7. The number of nitrogens with one attached hydrogen (secondary N) is 1. The fourth-order valence-electron chi connectivity index (χ4n) is 1.84. The number of aliphatic hydroxyl groups excluding tert-OH is 1. The van der Waals surface area contributed by atoms with Crippen molar-refractivity contribution in [3.05, 3.63) is 71.5 Å². The van der Waals surface area contributed by atoms with E-state index in [2.05, 4.69) is 5.32 Å². The van der Waals surface area contributed by atoms with Gasteiger partial charge in [-0.25, -0.2) is 4.39 Å². The lowest BCUT2D eigenvalue weighted by Crippen LogP contribution is -2.35. The highest BCUT2D eigenvalue weighted by Crippen LogP contribution is 2.06. The van der Waals surface area contributed by atoms with E-state index in [0.29, 0.717) is 12.1 Å². The third-order valence-electron chi connectivity index (χ3n) is 2.95. The van der Waals surface area contributed by atoms with Crippen LogP contribution >= 0.6 is 0 Å². The van der Waals surface area contributed by atoms with Gasteiger partial charge in [0.1, 0.15) is 11.9 Å². The molecule has 2 rings (SSSR count). The number of aliphatic hydroxyl groups is 1. The second kappa shape index (κ2) is 6.82. The zero-order valence-electron chi connectivity index (χ0n) is 10.9. The van der Waals surface area contributed by atoms with Crippen molar-refractivity contribution in [3.63, 3.8) is 0 Å². The number of amides is 1. The molecular weight excluding hydrogens is 257 g/mol. The molecule has 0 radical (unpaired) electrons. The van der Waals surface area contributed by atoms with E-state index in [4.69, 9.17) is 0 Å². The summed E-state index contributed by atoms with van der Waals surface area (Å²) in [5, 5.41) is 12.5. The molecule has 3 nitrogen and oxygen atoms in total. The van der Waals surface area contributed by atoms with Crippen LogP contribution in [0, 0.1) is 5.82 Å². The third-order valence-corrected chi connectivity index (χ3v) is 2.95. The van der Waals surface area contributed by atoms with E-state index in [1.54, 1.807) is 12.1 Å². The Labute approximate surface area is 117 Å². The lowest BCUT2D eigenvalue weighted by molar-refractivity contribution is -0.129. The molecule has 4 heteroatoms. The molecule has 0 aliphatic carbocycles. The maximum atomic E-state index is 12.7. The summed E-state index contributed by atoms with van der Waals surface area (Å²) in [6.07, 6.45) is -0.967. The number of carbonyl (C=O) groups is 1. The van der Waals surface area contributed by atoms with Gasteiger partial charge in [-0.05, 0) is 23.3 Å². The molecule has 0 heterocycles. The first kappa shape index (κ1) is 14.2. The standard InChI is InChI=1S/C16H16FNO2/c17-14-8-6-12(7-9-14)10-15(19)16(20)18-11-13-4-2-1-3-5-13/h1-9,15,19H,10-11H2,(H,18,20). The Bertz CT molecular complexity index is 554. The zero-order valence-corrected chi connectivity index (χ0v) is 10.9. The molecule has 0 fully saturated rings. The van der Waals surface area contributed by atoms with Crippen molar-refractivity contribution in [1.29, 1.82) is 0 Å². The third kappa shape index (κ3) is 4.17. The van der Waals surface area contributed by atoms with Gasteiger partial charge in [0.15, 0.2) is 0 Å². The maximum Gasteiger partial charge on any atom is 0.249 e. The molecule has 2 aromatic carbocycles. The Balaban J connectivity index is 1.84. The minimum atomic E-state index is -1.14. The van der Waals surface area contributed by atoms with Gasteiger partial charge in [0, 0.05) is 13.0 Å². The Morgan fingerprint density at radius 3 is 2.35 bits per heavy atom. The predicted molar refractivity (Wildman–Crippen MR) is 74.4 cm³/mol. The number of carbonyl (C=O) groups excluding carboxylic acids is 1. The van der Waals surface area contributed by atoms with Gasteiger partial charge in [0.2, 0.25) is 5.91 Å². The molecule has 0 saturated heterocycles. The smallest absolute Gasteiger partial charge is 0.249 e. The van der Waals surface area contributed by atoms with E-state index in [1.807, 2.05) is 30.3 Å². The van der Waals surface area contributed by atoms with E-state index in [0.717, 1.165) is 5.56 Å². The zero-order chi connectivity index (χ0) is 14.4. The molecule has 1 amide bonds. The van der Waals surface area contributed by atoms with Crippen molar-refractivity contribution in [2.45, 2.75) is 19.1 Å².